The van der Waals surface area contributed by atoms with Gasteiger partial charge < -0.3 is 15.0 Å². The predicted octanol–water partition coefficient (Wildman–Crippen LogP) is 0.740. The summed E-state index contributed by atoms with van der Waals surface area (Å²) >= 11 is 0. The fourth-order valence-electron chi connectivity index (χ4n) is 3.95. The Morgan fingerprint density at radius 3 is 2.52 bits per heavy atom. The first-order valence-electron chi connectivity index (χ1n) is 9.75. The molecule has 0 spiro atoms. The molecule has 1 aromatic carbocycles. The largest absolute Gasteiger partial charge is 0.378 e. The summed E-state index contributed by atoms with van der Waals surface area (Å²) in [6.45, 7) is 1.18. The molecule has 166 valence electrons. The molecule has 2 amide bonds. The van der Waals surface area contributed by atoms with Crippen molar-refractivity contribution in [1.82, 2.24) is 10.2 Å². The lowest BCUT2D eigenvalue weighted by Crippen LogP contribution is -2.46. The first-order valence-corrected chi connectivity index (χ1v) is 10.9. The zero-order valence-electron chi connectivity index (χ0n) is 16.5. The summed E-state index contributed by atoms with van der Waals surface area (Å²) in [5.41, 5.74) is 0. The summed E-state index contributed by atoms with van der Waals surface area (Å²) in [5.74, 6) is -5.45. The van der Waals surface area contributed by atoms with E-state index in [4.69, 9.17) is 10.00 Å². The summed E-state index contributed by atoms with van der Waals surface area (Å²) in [4.78, 5) is 39.5. The van der Waals surface area contributed by atoms with Crippen molar-refractivity contribution in [2.24, 2.45) is 17.8 Å². The number of rotatable bonds is 5. The van der Waals surface area contributed by atoms with Gasteiger partial charge in [0.15, 0.2) is 0 Å². The smallest absolute Gasteiger partial charge is 0.226 e. The van der Waals surface area contributed by atoms with E-state index in [1.165, 1.54) is 0 Å². The van der Waals surface area contributed by atoms with E-state index in [9.17, 15) is 27.4 Å². The fourth-order valence-corrected chi connectivity index (χ4v) is 5.09. The van der Waals surface area contributed by atoms with Gasteiger partial charge in [0.1, 0.15) is 29.0 Å². The monoisotopic (exact) mass is 453 g/mol. The standard InChI is InChI=1S/C20H21F2N3O5S/c21-13-1-2-17(16(22)11-13)31(29)20(28)12-9-14(18(26)24-4-3-23)15(10-12)19(27)25-5-7-30-8-6-25/h1-2,11-12,14-15H,4-10H2,(H,24,26). The maximum atomic E-state index is 14.0. The third-order valence-corrected chi connectivity index (χ3v) is 6.92. The Morgan fingerprint density at radius 2 is 1.87 bits per heavy atom. The van der Waals surface area contributed by atoms with Crippen LogP contribution in [0.2, 0.25) is 0 Å². The second kappa shape index (κ2) is 10.1. The molecule has 31 heavy (non-hydrogen) atoms. The van der Waals surface area contributed by atoms with Crippen molar-refractivity contribution in [1.29, 1.82) is 5.26 Å². The molecule has 8 nitrogen and oxygen atoms in total. The van der Waals surface area contributed by atoms with Crippen molar-refractivity contribution >= 4 is 27.7 Å². The minimum Gasteiger partial charge on any atom is -0.378 e. The van der Waals surface area contributed by atoms with Gasteiger partial charge >= 0.3 is 0 Å². The van der Waals surface area contributed by atoms with Gasteiger partial charge in [-0.2, -0.15) is 5.26 Å². The van der Waals surface area contributed by atoms with Gasteiger partial charge in [0.2, 0.25) is 16.9 Å². The van der Waals surface area contributed by atoms with Crippen LogP contribution in [0.3, 0.4) is 0 Å². The SMILES string of the molecule is N#CCNC(=O)C1CC(C(=O)S(=O)c2ccc(F)cc2F)CC1C(=O)N1CCOCC1. The van der Waals surface area contributed by atoms with E-state index >= 15 is 0 Å². The first kappa shape index (κ1) is 23.0. The van der Waals surface area contributed by atoms with Crippen LogP contribution >= 0.6 is 0 Å². The molecule has 1 aromatic rings. The van der Waals surface area contributed by atoms with Gasteiger partial charge in [-0.25, -0.2) is 13.0 Å². The number of hydrogen-bond donors (Lipinski definition) is 1. The fraction of sp³-hybridized carbons (Fsp3) is 0.500. The number of morpholine rings is 1. The molecule has 1 aliphatic carbocycles. The van der Waals surface area contributed by atoms with Crippen LogP contribution in [0.1, 0.15) is 12.8 Å². The summed E-state index contributed by atoms with van der Waals surface area (Å²) in [5, 5.41) is 10.3. The zero-order chi connectivity index (χ0) is 22.5. The number of carbonyl (C=O) groups excluding carboxylic acids is 3. The molecule has 4 unspecified atom stereocenters. The van der Waals surface area contributed by atoms with Crippen molar-refractivity contribution < 1.29 is 32.1 Å². The van der Waals surface area contributed by atoms with Crippen LogP contribution in [-0.4, -0.2) is 58.9 Å². The van der Waals surface area contributed by atoms with Crippen molar-refractivity contribution in [3.63, 3.8) is 0 Å². The van der Waals surface area contributed by atoms with Gasteiger partial charge in [0, 0.05) is 25.1 Å². The molecule has 1 saturated heterocycles. The third kappa shape index (κ3) is 5.14. The number of amides is 2. The van der Waals surface area contributed by atoms with Crippen LogP contribution in [-0.2, 0) is 29.9 Å². The highest BCUT2D eigenvalue weighted by molar-refractivity contribution is 8.00. The molecular formula is C20H21F2N3O5S. The number of nitrogens with zero attached hydrogens (tertiary/aromatic N) is 2. The highest BCUT2D eigenvalue weighted by Crippen LogP contribution is 2.39. The van der Waals surface area contributed by atoms with Gasteiger partial charge in [0.05, 0.1) is 36.0 Å². The average molecular weight is 453 g/mol. The van der Waals surface area contributed by atoms with Gasteiger partial charge in [-0.15, -0.1) is 0 Å². The highest BCUT2D eigenvalue weighted by Gasteiger charge is 2.47. The van der Waals surface area contributed by atoms with Crippen LogP contribution in [0.5, 0.6) is 0 Å². The molecule has 2 aliphatic rings. The lowest BCUT2D eigenvalue weighted by atomic mass is 9.93. The van der Waals surface area contributed by atoms with E-state index < -0.39 is 56.1 Å². The van der Waals surface area contributed by atoms with Crippen LogP contribution in [0, 0.1) is 40.7 Å². The van der Waals surface area contributed by atoms with Gasteiger partial charge in [-0.05, 0) is 25.0 Å². The Kier molecular flexibility index (Phi) is 7.46. The van der Waals surface area contributed by atoms with Crippen LogP contribution in [0.15, 0.2) is 23.1 Å². The molecule has 4 atom stereocenters. The number of halogens is 2. The lowest BCUT2D eigenvalue weighted by molar-refractivity contribution is -0.144. The van der Waals surface area contributed by atoms with E-state index in [1.807, 2.05) is 0 Å². The van der Waals surface area contributed by atoms with E-state index in [1.54, 1.807) is 11.0 Å². The number of benzene rings is 1. The molecule has 11 heteroatoms. The normalized spacial score (nSPS) is 24.3. The topological polar surface area (TPSA) is 117 Å². The lowest BCUT2D eigenvalue weighted by Gasteiger charge is -2.30. The van der Waals surface area contributed by atoms with Gasteiger partial charge in [-0.3, -0.25) is 14.4 Å². The molecule has 1 saturated carbocycles. The number of carbonyl (C=O) groups is 3. The second-order valence-electron chi connectivity index (χ2n) is 7.36. The van der Waals surface area contributed by atoms with Gasteiger partial charge in [0.25, 0.3) is 0 Å². The maximum absolute atomic E-state index is 14.0. The zero-order valence-corrected chi connectivity index (χ0v) is 17.3. The molecule has 1 aliphatic heterocycles. The van der Waals surface area contributed by atoms with Crippen LogP contribution in [0.4, 0.5) is 8.78 Å². The predicted molar refractivity (Wildman–Crippen MR) is 103 cm³/mol. The third-order valence-electron chi connectivity index (χ3n) is 5.49. The molecule has 0 radical (unpaired) electrons. The average Bonchev–Trinajstić information content (AvgIpc) is 3.22. The molecule has 0 aromatic heterocycles. The summed E-state index contributed by atoms with van der Waals surface area (Å²) < 4.78 is 45.0. The molecule has 2 fully saturated rings. The quantitative estimate of drug-likeness (QED) is 0.658. The molecule has 1 heterocycles. The Morgan fingerprint density at radius 1 is 1.19 bits per heavy atom. The molecule has 1 N–H and O–H groups in total. The Labute approximate surface area is 180 Å². The van der Waals surface area contributed by atoms with E-state index in [2.05, 4.69) is 5.32 Å². The molecule has 0 bridgehead atoms. The van der Waals surface area contributed by atoms with E-state index in [0.717, 1.165) is 12.1 Å². The number of hydrogen-bond acceptors (Lipinski definition) is 6. The highest BCUT2D eigenvalue weighted by atomic mass is 32.2. The molecule has 3 rings (SSSR count). The minimum atomic E-state index is -2.41. The van der Waals surface area contributed by atoms with Gasteiger partial charge in [-0.1, -0.05) is 0 Å². The van der Waals surface area contributed by atoms with E-state index in [0.29, 0.717) is 32.4 Å². The van der Waals surface area contributed by atoms with Crippen LogP contribution < -0.4 is 5.32 Å². The number of nitriles is 1. The van der Waals surface area contributed by atoms with Crippen LogP contribution in [0.25, 0.3) is 0 Å². The Balaban J connectivity index is 1.80. The first-order chi connectivity index (χ1) is 14.8. The van der Waals surface area contributed by atoms with Crippen molar-refractivity contribution in [3.8, 4) is 6.07 Å². The Hall–Kier alpha value is -2.71. The minimum absolute atomic E-state index is 0.0196. The Bertz CT molecular complexity index is 945. The summed E-state index contributed by atoms with van der Waals surface area (Å²) in [6, 6.07) is 4.17. The second-order valence-corrected chi connectivity index (χ2v) is 8.74. The van der Waals surface area contributed by atoms with Crippen molar-refractivity contribution in [3.05, 3.63) is 29.8 Å². The van der Waals surface area contributed by atoms with E-state index in [-0.39, 0.29) is 25.3 Å². The summed E-state index contributed by atoms with van der Waals surface area (Å²) in [6.07, 6.45) is -0.0698. The summed E-state index contributed by atoms with van der Waals surface area (Å²) in [7, 11) is -2.41. The van der Waals surface area contributed by atoms with Crippen molar-refractivity contribution in [2.45, 2.75) is 17.7 Å². The number of nitrogens with one attached hydrogen (secondary N) is 1. The molecular weight excluding hydrogens is 432 g/mol. The number of ether oxygens (including phenoxy) is 1. The maximum Gasteiger partial charge on any atom is 0.226 e. The van der Waals surface area contributed by atoms with Crippen molar-refractivity contribution in [2.75, 3.05) is 32.8 Å².